The number of esters is 1. The molecule has 0 aromatic carbocycles. The molecule has 0 heterocycles. The van der Waals surface area contributed by atoms with Crippen LogP contribution in [0.25, 0.3) is 0 Å². The highest BCUT2D eigenvalue weighted by molar-refractivity contribution is 5.79. The van der Waals surface area contributed by atoms with E-state index in [0.717, 1.165) is 0 Å². The van der Waals surface area contributed by atoms with Gasteiger partial charge in [-0.3, -0.25) is 0 Å². The second-order valence-corrected chi connectivity index (χ2v) is 2.33. The zero-order chi connectivity index (χ0) is 12.5. The van der Waals surface area contributed by atoms with E-state index >= 15 is 0 Å². The molecule has 0 saturated heterocycles. The fraction of sp³-hybridized carbons (Fsp3) is 0.667. The molecule has 0 aliphatic heterocycles. The van der Waals surface area contributed by atoms with Crippen LogP contribution in [0.4, 0.5) is 26.3 Å². The van der Waals surface area contributed by atoms with Crippen LogP contribution in [-0.2, 0) is 9.53 Å². The largest absolute Gasteiger partial charge is 0.464 e. The normalized spacial score (nSPS) is 13.2. The number of hydrogen-bond acceptors (Lipinski definition) is 3. The Hall–Kier alpha value is -1.46. The lowest BCUT2D eigenvalue weighted by Gasteiger charge is -2.26. The van der Waals surface area contributed by atoms with Gasteiger partial charge in [0, 0.05) is 0 Å². The summed E-state index contributed by atoms with van der Waals surface area (Å²) in [5, 5.41) is 7.58. The summed E-state index contributed by atoms with van der Waals surface area (Å²) < 4.78 is 77.1. The monoisotopic (exact) mass is 235 g/mol. The highest BCUT2D eigenvalue weighted by Gasteiger charge is 2.76. The number of carbonyl (C=O) groups is 1. The Morgan fingerprint density at radius 1 is 1.20 bits per heavy atom. The van der Waals surface area contributed by atoms with Gasteiger partial charge >= 0.3 is 23.7 Å². The Morgan fingerprint density at radius 2 is 1.60 bits per heavy atom. The Bertz CT molecular complexity index is 307. The molecule has 0 spiro atoms. The Balaban J connectivity index is 5.39. The quantitative estimate of drug-likeness (QED) is 0.551. The number of methoxy groups -OCH3 is 1. The van der Waals surface area contributed by atoms with Crippen LogP contribution >= 0.6 is 0 Å². The van der Waals surface area contributed by atoms with E-state index in [0.29, 0.717) is 7.11 Å². The number of hydrogen-bond donors (Lipinski definition) is 0. The number of ether oxygens (including phenoxy) is 1. The molecule has 0 radical (unpaired) electrons. The first kappa shape index (κ1) is 13.5. The van der Waals surface area contributed by atoms with Crippen LogP contribution in [0.1, 0.15) is 0 Å². The maximum absolute atomic E-state index is 12.4. The minimum atomic E-state index is -6.14. The molecule has 0 bridgehead atoms. The van der Waals surface area contributed by atoms with E-state index in [2.05, 4.69) is 4.74 Å². The third-order valence-electron chi connectivity index (χ3n) is 1.37. The van der Waals surface area contributed by atoms with Crippen LogP contribution in [0.15, 0.2) is 0 Å². The molecule has 9 heteroatoms. The summed E-state index contributed by atoms with van der Waals surface area (Å²) in [5.74, 6) is -20.4. The van der Waals surface area contributed by atoms with Gasteiger partial charge in [-0.1, -0.05) is 0 Å². The van der Waals surface area contributed by atoms with Crippen molar-refractivity contribution in [1.82, 2.24) is 0 Å². The van der Waals surface area contributed by atoms with Gasteiger partial charge in [0.2, 0.25) is 0 Å². The lowest BCUT2D eigenvalue weighted by molar-refractivity contribution is -0.286. The maximum atomic E-state index is 12.4. The van der Waals surface area contributed by atoms with Crippen molar-refractivity contribution in [3.8, 4) is 6.07 Å². The van der Waals surface area contributed by atoms with Crippen LogP contribution in [0.2, 0.25) is 0 Å². The molecule has 0 atom stereocenters. The molecule has 86 valence electrons. The Morgan fingerprint density at radius 3 is 1.87 bits per heavy atom. The highest BCUT2D eigenvalue weighted by Crippen LogP contribution is 2.45. The molecular weight excluding hydrogens is 232 g/mol. The fourth-order valence-electron chi connectivity index (χ4n) is 0.524. The zero-order valence-electron chi connectivity index (χ0n) is 7.03. The summed E-state index contributed by atoms with van der Waals surface area (Å²) in [6.45, 7) is 0. The first-order valence-electron chi connectivity index (χ1n) is 3.17. The average molecular weight is 235 g/mol. The summed E-state index contributed by atoms with van der Waals surface area (Å²) in [6, 6.07) is -0.304. The number of halogens is 6. The van der Waals surface area contributed by atoms with Gasteiger partial charge in [0.25, 0.3) is 0 Å². The molecule has 0 aliphatic rings. The van der Waals surface area contributed by atoms with Crippen molar-refractivity contribution in [3.05, 3.63) is 0 Å². The first-order chi connectivity index (χ1) is 6.54. The summed E-state index contributed by atoms with van der Waals surface area (Å²) in [4.78, 5) is 10.1. The molecule has 0 N–H and O–H groups in total. The van der Waals surface area contributed by atoms with Crippen molar-refractivity contribution < 1.29 is 35.9 Å². The molecule has 0 fully saturated rings. The van der Waals surface area contributed by atoms with Crippen LogP contribution in [0.3, 0.4) is 0 Å². The molecule has 0 rings (SSSR count). The summed E-state index contributed by atoms with van der Waals surface area (Å²) >= 11 is 0. The number of carbonyl (C=O) groups excluding carboxylic acids is 1. The van der Waals surface area contributed by atoms with Crippen molar-refractivity contribution in [2.75, 3.05) is 7.11 Å². The fourth-order valence-corrected chi connectivity index (χ4v) is 0.524. The standard InChI is InChI=1S/C6H3F6NO2/c1-15-3(14)5(9,10)6(11,12)4(7,8)2-13/h1H3. The molecule has 15 heavy (non-hydrogen) atoms. The minimum absolute atomic E-state index is 0.304. The van der Waals surface area contributed by atoms with Crippen LogP contribution < -0.4 is 0 Å². The van der Waals surface area contributed by atoms with E-state index < -0.39 is 23.7 Å². The van der Waals surface area contributed by atoms with Gasteiger partial charge in [0.15, 0.2) is 0 Å². The first-order valence-corrected chi connectivity index (χ1v) is 3.17. The number of nitriles is 1. The van der Waals surface area contributed by atoms with Crippen molar-refractivity contribution in [2.45, 2.75) is 17.8 Å². The summed E-state index contributed by atoms with van der Waals surface area (Å²) in [6.07, 6.45) is 0. The number of alkyl halides is 6. The molecule has 0 amide bonds. The van der Waals surface area contributed by atoms with Crippen LogP contribution in [0, 0.1) is 11.3 Å². The van der Waals surface area contributed by atoms with Gasteiger partial charge in [-0.15, -0.1) is 0 Å². The lowest BCUT2D eigenvalue weighted by atomic mass is 10.1. The number of rotatable bonds is 3. The van der Waals surface area contributed by atoms with E-state index in [1.54, 1.807) is 0 Å². The SMILES string of the molecule is COC(=O)C(F)(F)C(F)(F)C(F)(F)C#N. The number of nitrogens with zero attached hydrogens (tertiary/aromatic N) is 1. The predicted octanol–water partition coefficient (Wildman–Crippen LogP) is 1.59. The van der Waals surface area contributed by atoms with E-state index in [-0.39, 0.29) is 6.07 Å². The smallest absolute Gasteiger partial charge is 0.411 e. The Kier molecular flexibility index (Phi) is 3.25. The second-order valence-electron chi connectivity index (χ2n) is 2.33. The summed E-state index contributed by atoms with van der Waals surface area (Å²) in [5.41, 5.74) is 0. The van der Waals surface area contributed by atoms with E-state index in [1.165, 1.54) is 0 Å². The van der Waals surface area contributed by atoms with Gasteiger partial charge in [-0.05, 0) is 0 Å². The minimum Gasteiger partial charge on any atom is -0.464 e. The molecule has 0 aromatic rings. The van der Waals surface area contributed by atoms with Gasteiger partial charge in [0.05, 0.1) is 7.11 Å². The Labute approximate surface area is 79.2 Å². The molecule has 0 unspecified atom stereocenters. The molecule has 3 nitrogen and oxygen atoms in total. The van der Waals surface area contributed by atoms with Gasteiger partial charge in [0.1, 0.15) is 6.07 Å². The van der Waals surface area contributed by atoms with E-state index in [1.807, 2.05) is 0 Å². The van der Waals surface area contributed by atoms with Gasteiger partial charge < -0.3 is 4.74 Å². The summed E-state index contributed by atoms with van der Waals surface area (Å²) in [7, 11) is 0.316. The van der Waals surface area contributed by atoms with Crippen LogP contribution in [0.5, 0.6) is 0 Å². The molecular formula is C6H3F6NO2. The molecule has 0 aliphatic carbocycles. The molecule has 0 saturated carbocycles. The van der Waals surface area contributed by atoms with Crippen molar-refractivity contribution in [1.29, 1.82) is 5.26 Å². The predicted molar refractivity (Wildman–Crippen MR) is 32.5 cm³/mol. The van der Waals surface area contributed by atoms with Gasteiger partial charge in [-0.2, -0.15) is 31.6 Å². The van der Waals surface area contributed by atoms with E-state index in [9.17, 15) is 31.1 Å². The van der Waals surface area contributed by atoms with Crippen molar-refractivity contribution >= 4 is 5.97 Å². The van der Waals surface area contributed by atoms with Crippen LogP contribution in [-0.4, -0.2) is 30.8 Å². The van der Waals surface area contributed by atoms with E-state index in [4.69, 9.17) is 5.26 Å². The second kappa shape index (κ2) is 3.60. The zero-order valence-corrected chi connectivity index (χ0v) is 7.03. The topological polar surface area (TPSA) is 50.1 Å². The third kappa shape index (κ3) is 1.84. The molecule has 0 aromatic heterocycles. The third-order valence-corrected chi connectivity index (χ3v) is 1.37. The van der Waals surface area contributed by atoms with Crippen molar-refractivity contribution in [3.63, 3.8) is 0 Å². The highest BCUT2D eigenvalue weighted by atomic mass is 19.3. The van der Waals surface area contributed by atoms with Crippen molar-refractivity contribution in [2.24, 2.45) is 0 Å². The average Bonchev–Trinajstić information content (AvgIpc) is 2.15. The van der Waals surface area contributed by atoms with Gasteiger partial charge in [-0.25, -0.2) is 4.79 Å². The maximum Gasteiger partial charge on any atom is 0.411 e. The lowest BCUT2D eigenvalue weighted by Crippen LogP contribution is -2.57.